The number of carbonyl (C=O) groups excluding carboxylic acids is 1. The number of rotatable bonds is 5. The highest BCUT2D eigenvalue weighted by molar-refractivity contribution is 5.79. The van der Waals surface area contributed by atoms with E-state index in [1.54, 1.807) is 0 Å². The van der Waals surface area contributed by atoms with Gasteiger partial charge in [0.2, 0.25) is 5.91 Å². The summed E-state index contributed by atoms with van der Waals surface area (Å²) in [5.74, 6) is -0.0902. The van der Waals surface area contributed by atoms with Gasteiger partial charge in [-0.25, -0.2) is 0 Å². The first-order valence-electron chi connectivity index (χ1n) is 8.37. The van der Waals surface area contributed by atoms with Gasteiger partial charge < -0.3 is 20.3 Å². The molecule has 0 aromatic carbocycles. The van der Waals surface area contributed by atoms with Crippen molar-refractivity contribution in [2.45, 2.75) is 50.2 Å². The highest BCUT2D eigenvalue weighted by Crippen LogP contribution is 2.26. The average Bonchev–Trinajstić information content (AvgIpc) is 2.73. The van der Waals surface area contributed by atoms with Crippen molar-refractivity contribution < 1.29 is 9.53 Å². The van der Waals surface area contributed by atoms with Crippen LogP contribution in [0.25, 0.3) is 0 Å². The Morgan fingerprint density at radius 2 is 2.09 bits per heavy atom. The molecule has 1 saturated carbocycles. The Morgan fingerprint density at radius 3 is 2.73 bits per heavy atom. The number of amides is 1. The number of hydrogen-bond donors (Lipinski definition) is 2. The molecule has 0 unspecified atom stereocenters. The van der Waals surface area contributed by atoms with E-state index in [-0.39, 0.29) is 18.6 Å². The van der Waals surface area contributed by atoms with Gasteiger partial charge in [0.05, 0.1) is 25.3 Å². The number of ether oxygens (including phenoxy) is 1. The molecule has 2 aliphatic rings. The monoisotopic (exact) mass is 308 g/mol. The molecule has 0 aromatic heterocycles. The number of morpholine rings is 1. The molecule has 2 rings (SSSR count). The van der Waals surface area contributed by atoms with E-state index < -0.39 is 5.54 Å². The fourth-order valence-corrected chi connectivity index (χ4v) is 3.24. The summed E-state index contributed by atoms with van der Waals surface area (Å²) in [7, 11) is 2.07. The van der Waals surface area contributed by atoms with E-state index >= 15 is 0 Å². The Hall–Kier alpha value is -1.16. The Labute approximate surface area is 133 Å². The van der Waals surface area contributed by atoms with Crippen molar-refractivity contribution in [2.75, 3.05) is 39.8 Å². The van der Waals surface area contributed by atoms with E-state index in [4.69, 9.17) is 4.74 Å². The summed E-state index contributed by atoms with van der Waals surface area (Å²) in [5, 5.41) is 15.6. The fourth-order valence-electron chi connectivity index (χ4n) is 3.24. The second-order valence-corrected chi connectivity index (χ2v) is 6.54. The number of carbonyl (C=O) groups is 1. The van der Waals surface area contributed by atoms with Crippen molar-refractivity contribution in [3.63, 3.8) is 0 Å². The van der Waals surface area contributed by atoms with Gasteiger partial charge in [-0.2, -0.15) is 5.26 Å². The van der Waals surface area contributed by atoms with Gasteiger partial charge in [-0.1, -0.05) is 25.7 Å². The van der Waals surface area contributed by atoms with Crippen LogP contribution in [-0.4, -0.2) is 62.3 Å². The number of likely N-dealkylation sites (N-methyl/N-ethyl adjacent to an activating group) is 1. The lowest BCUT2D eigenvalue weighted by molar-refractivity contribution is -0.121. The third-order valence-electron chi connectivity index (χ3n) is 4.55. The Kier molecular flexibility index (Phi) is 6.62. The predicted molar refractivity (Wildman–Crippen MR) is 84.3 cm³/mol. The Balaban J connectivity index is 1.71. The highest BCUT2D eigenvalue weighted by atomic mass is 16.5. The lowest BCUT2D eigenvalue weighted by Crippen LogP contribution is -2.51. The molecule has 22 heavy (non-hydrogen) atoms. The molecule has 1 amide bonds. The Bertz CT molecular complexity index is 399. The standard InChI is InChI=1S/C16H28N4O2/c1-20-8-9-22-14(12-20)10-18-11-15(21)19-16(13-17)6-4-2-3-5-7-16/h14,18H,2-12H2,1H3,(H,19,21)/t14-/m1/s1. The van der Waals surface area contributed by atoms with E-state index in [0.29, 0.717) is 6.54 Å². The maximum atomic E-state index is 12.1. The van der Waals surface area contributed by atoms with Crippen LogP contribution in [-0.2, 0) is 9.53 Å². The summed E-state index contributed by atoms with van der Waals surface area (Å²) in [6.45, 7) is 3.50. The van der Waals surface area contributed by atoms with Crippen LogP contribution < -0.4 is 10.6 Å². The molecule has 2 N–H and O–H groups in total. The lowest BCUT2D eigenvalue weighted by atomic mass is 9.92. The van der Waals surface area contributed by atoms with Crippen molar-refractivity contribution in [3.05, 3.63) is 0 Å². The summed E-state index contributed by atoms with van der Waals surface area (Å²) >= 11 is 0. The summed E-state index contributed by atoms with van der Waals surface area (Å²) in [5.41, 5.74) is -0.656. The van der Waals surface area contributed by atoms with Gasteiger partial charge in [0, 0.05) is 19.6 Å². The number of nitrogens with zero attached hydrogens (tertiary/aromatic N) is 2. The molecule has 1 aliphatic heterocycles. The van der Waals surface area contributed by atoms with Crippen molar-refractivity contribution >= 4 is 5.91 Å². The fraction of sp³-hybridized carbons (Fsp3) is 0.875. The zero-order valence-corrected chi connectivity index (χ0v) is 13.6. The predicted octanol–water partition coefficient (Wildman–Crippen LogP) is 0.639. The molecule has 2 fully saturated rings. The summed E-state index contributed by atoms with van der Waals surface area (Å²) in [6.07, 6.45) is 6.02. The van der Waals surface area contributed by atoms with E-state index in [0.717, 1.165) is 58.2 Å². The van der Waals surface area contributed by atoms with Gasteiger partial charge in [-0.15, -0.1) is 0 Å². The third-order valence-corrected chi connectivity index (χ3v) is 4.55. The van der Waals surface area contributed by atoms with Crippen molar-refractivity contribution in [1.29, 1.82) is 5.26 Å². The molecule has 0 radical (unpaired) electrons. The minimum Gasteiger partial charge on any atom is -0.374 e. The smallest absolute Gasteiger partial charge is 0.235 e. The van der Waals surface area contributed by atoms with Crippen LogP contribution in [0.1, 0.15) is 38.5 Å². The molecule has 1 aliphatic carbocycles. The van der Waals surface area contributed by atoms with Crippen LogP contribution in [0.2, 0.25) is 0 Å². The zero-order valence-electron chi connectivity index (χ0n) is 13.6. The first-order chi connectivity index (χ1) is 10.6. The minimum atomic E-state index is -0.656. The van der Waals surface area contributed by atoms with Crippen LogP contribution in [0.4, 0.5) is 0 Å². The second kappa shape index (κ2) is 8.47. The minimum absolute atomic E-state index is 0.0902. The Morgan fingerprint density at radius 1 is 1.36 bits per heavy atom. The first kappa shape index (κ1) is 17.2. The maximum Gasteiger partial charge on any atom is 0.235 e. The van der Waals surface area contributed by atoms with Gasteiger partial charge in [0.15, 0.2) is 0 Å². The normalized spacial score (nSPS) is 25.9. The summed E-state index contributed by atoms with van der Waals surface area (Å²) in [6, 6.07) is 2.34. The SMILES string of the molecule is CN1CCO[C@H](CNCC(=O)NC2(C#N)CCCCCC2)C1. The third kappa shape index (κ3) is 5.24. The van der Waals surface area contributed by atoms with Crippen LogP contribution in [0.5, 0.6) is 0 Å². The van der Waals surface area contributed by atoms with Crippen molar-refractivity contribution in [1.82, 2.24) is 15.5 Å². The van der Waals surface area contributed by atoms with E-state index in [2.05, 4.69) is 28.7 Å². The molecule has 124 valence electrons. The van der Waals surface area contributed by atoms with Gasteiger partial charge in [-0.3, -0.25) is 4.79 Å². The number of hydrogen-bond acceptors (Lipinski definition) is 5. The van der Waals surface area contributed by atoms with Crippen molar-refractivity contribution in [2.24, 2.45) is 0 Å². The van der Waals surface area contributed by atoms with Gasteiger partial charge in [0.25, 0.3) is 0 Å². The van der Waals surface area contributed by atoms with Crippen LogP contribution in [0.15, 0.2) is 0 Å². The largest absolute Gasteiger partial charge is 0.374 e. The van der Waals surface area contributed by atoms with E-state index in [9.17, 15) is 10.1 Å². The molecule has 1 atom stereocenters. The molecular formula is C16H28N4O2. The van der Waals surface area contributed by atoms with Gasteiger partial charge >= 0.3 is 0 Å². The molecular weight excluding hydrogens is 280 g/mol. The van der Waals surface area contributed by atoms with Crippen LogP contribution in [0.3, 0.4) is 0 Å². The highest BCUT2D eigenvalue weighted by Gasteiger charge is 2.32. The number of nitrogens with one attached hydrogen (secondary N) is 2. The lowest BCUT2D eigenvalue weighted by Gasteiger charge is -2.30. The maximum absolute atomic E-state index is 12.1. The molecule has 0 spiro atoms. The quantitative estimate of drug-likeness (QED) is 0.729. The van der Waals surface area contributed by atoms with Crippen LogP contribution >= 0.6 is 0 Å². The molecule has 0 bridgehead atoms. The summed E-state index contributed by atoms with van der Waals surface area (Å²) in [4.78, 5) is 14.3. The van der Waals surface area contributed by atoms with Crippen molar-refractivity contribution in [3.8, 4) is 6.07 Å². The van der Waals surface area contributed by atoms with Gasteiger partial charge in [0.1, 0.15) is 5.54 Å². The number of nitriles is 1. The van der Waals surface area contributed by atoms with Crippen LogP contribution in [0, 0.1) is 11.3 Å². The molecule has 6 nitrogen and oxygen atoms in total. The molecule has 0 aromatic rings. The molecule has 6 heteroatoms. The van der Waals surface area contributed by atoms with E-state index in [1.807, 2.05) is 0 Å². The van der Waals surface area contributed by atoms with Gasteiger partial charge in [-0.05, 0) is 19.9 Å². The van der Waals surface area contributed by atoms with E-state index in [1.165, 1.54) is 0 Å². The second-order valence-electron chi connectivity index (χ2n) is 6.54. The topological polar surface area (TPSA) is 77.4 Å². The summed E-state index contributed by atoms with van der Waals surface area (Å²) < 4.78 is 5.65. The molecule has 1 heterocycles. The molecule has 1 saturated heterocycles. The zero-order chi connectivity index (χ0) is 15.8. The average molecular weight is 308 g/mol. The first-order valence-corrected chi connectivity index (χ1v) is 8.37.